The first-order chi connectivity index (χ1) is 6.66. The summed E-state index contributed by atoms with van der Waals surface area (Å²) in [5.41, 5.74) is 1.17. The highest BCUT2D eigenvalue weighted by molar-refractivity contribution is 4.87. The Labute approximate surface area is 87.5 Å². The number of hydrogen-bond donors (Lipinski definition) is 1. The van der Waals surface area contributed by atoms with E-state index in [0.29, 0.717) is 6.04 Å². The molecule has 1 atom stereocenters. The average molecular weight is 201 g/mol. The fourth-order valence-electron chi connectivity index (χ4n) is 1.03. The van der Waals surface area contributed by atoms with E-state index < -0.39 is 0 Å². The van der Waals surface area contributed by atoms with Crippen LogP contribution in [0.25, 0.3) is 0 Å². The summed E-state index contributed by atoms with van der Waals surface area (Å²) in [6, 6.07) is 0.393. The van der Waals surface area contributed by atoms with Crippen LogP contribution in [0.15, 0.2) is 12.2 Å². The Hall–Kier alpha value is -0.380. The molecule has 0 bridgehead atoms. The average Bonchev–Trinajstić information content (AvgIpc) is 2.11. The summed E-state index contributed by atoms with van der Waals surface area (Å²) in [5, 5.41) is 3.30. The number of rotatable bonds is 9. The third-order valence-electron chi connectivity index (χ3n) is 1.83. The SMILES string of the molecule is C=C(C)CCOCCNC(C)COC. The smallest absolute Gasteiger partial charge is 0.0613 e. The van der Waals surface area contributed by atoms with Gasteiger partial charge in [-0.2, -0.15) is 0 Å². The van der Waals surface area contributed by atoms with Crippen LogP contribution in [-0.4, -0.2) is 39.5 Å². The fraction of sp³-hybridized carbons (Fsp3) is 0.818. The predicted octanol–water partition coefficient (Wildman–Crippen LogP) is 1.59. The lowest BCUT2D eigenvalue weighted by Gasteiger charge is -2.12. The van der Waals surface area contributed by atoms with E-state index in [2.05, 4.69) is 18.8 Å². The third kappa shape index (κ3) is 9.71. The van der Waals surface area contributed by atoms with Crippen molar-refractivity contribution in [2.75, 3.05) is 33.5 Å². The molecule has 1 N–H and O–H groups in total. The second kappa shape index (κ2) is 9.19. The Balaban J connectivity index is 3.09. The summed E-state index contributed by atoms with van der Waals surface area (Å²) in [4.78, 5) is 0. The van der Waals surface area contributed by atoms with Crippen molar-refractivity contribution < 1.29 is 9.47 Å². The number of methoxy groups -OCH3 is 1. The van der Waals surface area contributed by atoms with Crippen LogP contribution in [0.5, 0.6) is 0 Å². The molecule has 0 saturated heterocycles. The lowest BCUT2D eigenvalue weighted by molar-refractivity contribution is 0.128. The van der Waals surface area contributed by atoms with Gasteiger partial charge in [-0.1, -0.05) is 5.57 Å². The molecule has 14 heavy (non-hydrogen) atoms. The molecule has 84 valence electrons. The van der Waals surface area contributed by atoms with Gasteiger partial charge in [0.2, 0.25) is 0 Å². The lowest BCUT2D eigenvalue weighted by Crippen LogP contribution is -2.32. The van der Waals surface area contributed by atoms with E-state index in [-0.39, 0.29) is 0 Å². The molecule has 0 spiro atoms. The van der Waals surface area contributed by atoms with Crippen LogP contribution in [0.2, 0.25) is 0 Å². The van der Waals surface area contributed by atoms with Gasteiger partial charge in [0.05, 0.1) is 19.8 Å². The molecule has 0 radical (unpaired) electrons. The van der Waals surface area contributed by atoms with Crippen molar-refractivity contribution in [3.63, 3.8) is 0 Å². The second-order valence-electron chi connectivity index (χ2n) is 3.63. The Morgan fingerprint density at radius 1 is 1.43 bits per heavy atom. The monoisotopic (exact) mass is 201 g/mol. The zero-order valence-electron chi connectivity index (χ0n) is 9.64. The van der Waals surface area contributed by atoms with E-state index in [1.54, 1.807) is 7.11 Å². The molecule has 0 fully saturated rings. The van der Waals surface area contributed by atoms with Crippen molar-refractivity contribution in [3.8, 4) is 0 Å². The molecule has 0 saturated carbocycles. The largest absolute Gasteiger partial charge is 0.383 e. The maximum atomic E-state index is 5.41. The quantitative estimate of drug-likeness (QED) is 0.454. The molecule has 0 aliphatic rings. The van der Waals surface area contributed by atoms with E-state index in [1.807, 2.05) is 6.92 Å². The summed E-state index contributed by atoms with van der Waals surface area (Å²) in [5.74, 6) is 0. The maximum Gasteiger partial charge on any atom is 0.0613 e. The van der Waals surface area contributed by atoms with E-state index in [4.69, 9.17) is 9.47 Å². The molecular weight excluding hydrogens is 178 g/mol. The summed E-state index contributed by atoms with van der Waals surface area (Å²) >= 11 is 0. The fourth-order valence-corrected chi connectivity index (χ4v) is 1.03. The Bertz CT molecular complexity index is 148. The van der Waals surface area contributed by atoms with Crippen molar-refractivity contribution in [2.24, 2.45) is 0 Å². The van der Waals surface area contributed by atoms with Gasteiger partial charge in [-0.05, 0) is 20.3 Å². The van der Waals surface area contributed by atoms with Crippen LogP contribution in [0.3, 0.4) is 0 Å². The van der Waals surface area contributed by atoms with Crippen molar-refractivity contribution in [3.05, 3.63) is 12.2 Å². The molecule has 0 aliphatic heterocycles. The Morgan fingerprint density at radius 2 is 2.14 bits per heavy atom. The zero-order chi connectivity index (χ0) is 10.8. The summed E-state index contributed by atoms with van der Waals surface area (Å²) < 4.78 is 10.4. The Kier molecular flexibility index (Phi) is 8.94. The van der Waals surface area contributed by atoms with E-state index in [9.17, 15) is 0 Å². The van der Waals surface area contributed by atoms with Gasteiger partial charge in [0.1, 0.15) is 0 Å². The molecule has 0 aromatic carbocycles. The first kappa shape index (κ1) is 13.6. The number of hydrogen-bond acceptors (Lipinski definition) is 3. The van der Waals surface area contributed by atoms with Crippen LogP contribution in [0, 0.1) is 0 Å². The summed E-state index contributed by atoms with van der Waals surface area (Å²) in [6.45, 7) is 11.1. The molecule has 0 aromatic heterocycles. The van der Waals surface area contributed by atoms with E-state index in [0.717, 1.165) is 32.8 Å². The van der Waals surface area contributed by atoms with Crippen LogP contribution in [0.1, 0.15) is 20.3 Å². The molecule has 0 heterocycles. The van der Waals surface area contributed by atoms with Gasteiger partial charge in [0.15, 0.2) is 0 Å². The van der Waals surface area contributed by atoms with Gasteiger partial charge >= 0.3 is 0 Å². The van der Waals surface area contributed by atoms with Gasteiger partial charge in [0.25, 0.3) is 0 Å². The number of nitrogens with one attached hydrogen (secondary N) is 1. The predicted molar refractivity (Wildman–Crippen MR) is 59.6 cm³/mol. The molecule has 0 aromatic rings. The van der Waals surface area contributed by atoms with Crippen LogP contribution in [0.4, 0.5) is 0 Å². The zero-order valence-corrected chi connectivity index (χ0v) is 9.64. The summed E-state index contributed by atoms with van der Waals surface area (Å²) in [7, 11) is 1.71. The minimum absolute atomic E-state index is 0.393. The van der Waals surface area contributed by atoms with Crippen LogP contribution < -0.4 is 5.32 Å². The normalized spacial score (nSPS) is 12.8. The maximum absolute atomic E-state index is 5.41. The highest BCUT2D eigenvalue weighted by Gasteiger charge is 1.98. The second-order valence-corrected chi connectivity index (χ2v) is 3.63. The van der Waals surface area contributed by atoms with Gasteiger partial charge in [-0.3, -0.25) is 0 Å². The third-order valence-corrected chi connectivity index (χ3v) is 1.83. The lowest BCUT2D eigenvalue weighted by atomic mass is 10.3. The van der Waals surface area contributed by atoms with Crippen molar-refractivity contribution in [1.82, 2.24) is 5.32 Å². The molecular formula is C11H23NO2. The van der Waals surface area contributed by atoms with E-state index in [1.165, 1.54) is 5.57 Å². The first-order valence-electron chi connectivity index (χ1n) is 5.11. The number of ether oxygens (including phenoxy) is 2. The standard InChI is InChI=1S/C11H23NO2/c1-10(2)5-7-14-8-6-12-11(3)9-13-4/h11-12H,1,5-9H2,2-4H3. The summed E-state index contributed by atoms with van der Waals surface area (Å²) in [6.07, 6.45) is 0.952. The van der Waals surface area contributed by atoms with Gasteiger partial charge < -0.3 is 14.8 Å². The first-order valence-corrected chi connectivity index (χ1v) is 5.11. The highest BCUT2D eigenvalue weighted by atomic mass is 16.5. The van der Waals surface area contributed by atoms with Gasteiger partial charge in [0, 0.05) is 19.7 Å². The molecule has 0 rings (SSSR count). The van der Waals surface area contributed by atoms with Crippen molar-refractivity contribution in [2.45, 2.75) is 26.3 Å². The van der Waals surface area contributed by atoms with Gasteiger partial charge in [-0.15, -0.1) is 6.58 Å². The molecule has 0 aliphatic carbocycles. The van der Waals surface area contributed by atoms with Crippen LogP contribution >= 0.6 is 0 Å². The molecule has 3 heteroatoms. The van der Waals surface area contributed by atoms with Crippen molar-refractivity contribution in [1.29, 1.82) is 0 Å². The minimum atomic E-state index is 0.393. The molecule has 0 amide bonds. The van der Waals surface area contributed by atoms with Gasteiger partial charge in [-0.25, -0.2) is 0 Å². The highest BCUT2D eigenvalue weighted by Crippen LogP contribution is 1.94. The van der Waals surface area contributed by atoms with E-state index >= 15 is 0 Å². The minimum Gasteiger partial charge on any atom is -0.383 e. The Morgan fingerprint density at radius 3 is 2.71 bits per heavy atom. The topological polar surface area (TPSA) is 30.5 Å². The van der Waals surface area contributed by atoms with Crippen LogP contribution in [-0.2, 0) is 9.47 Å². The van der Waals surface area contributed by atoms with Crippen molar-refractivity contribution >= 4 is 0 Å². The molecule has 1 unspecified atom stereocenters. The molecule has 3 nitrogen and oxygen atoms in total.